The molecule has 2 aliphatic heterocycles. The number of aromatic nitrogens is 2. The van der Waals surface area contributed by atoms with Crippen LogP contribution in [0.25, 0.3) is 0 Å². The Labute approximate surface area is 246 Å². The van der Waals surface area contributed by atoms with E-state index in [9.17, 15) is 9.59 Å². The number of hydrogen-bond acceptors (Lipinski definition) is 8. The van der Waals surface area contributed by atoms with Crippen LogP contribution in [0.4, 0.5) is 10.6 Å². The van der Waals surface area contributed by atoms with Crippen molar-refractivity contribution in [3.8, 4) is 11.8 Å². The number of nitrogens with one attached hydrogen (secondary N) is 1. The van der Waals surface area contributed by atoms with Gasteiger partial charge in [-0.15, -0.1) is 0 Å². The lowest BCUT2D eigenvalue weighted by Gasteiger charge is -2.29. The van der Waals surface area contributed by atoms with Gasteiger partial charge in [0.2, 0.25) is 0 Å². The lowest BCUT2D eigenvalue weighted by molar-refractivity contribution is 0.0282. The predicted molar refractivity (Wildman–Crippen MR) is 154 cm³/mol. The zero-order valence-corrected chi connectivity index (χ0v) is 24.6. The summed E-state index contributed by atoms with van der Waals surface area (Å²) in [5.41, 5.74) is 0.246. The standard InChI is InChI=1S/C30H37ClN6O4/c1-30(2,3)41-29(39)37-16-21-14-36(15-22(21)17-37)27-13-33-26(12-34-27)28(38)35-23-7-4-19(5-8-23)18-40-24-9-6-20(11-32)25(31)10-24/h6,9-10,12-13,19,21-23H,4-5,7-8,14-18H2,1-3H3,(H,35,38)/t19-,21?,22?,23-. The monoisotopic (exact) mass is 580 g/mol. The second kappa shape index (κ2) is 12.1. The fourth-order valence-electron chi connectivity index (χ4n) is 5.88. The van der Waals surface area contributed by atoms with Crippen LogP contribution in [0.15, 0.2) is 30.6 Å². The Balaban J connectivity index is 1.04. The number of rotatable bonds is 6. The summed E-state index contributed by atoms with van der Waals surface area (Å²) < 4.78 is 11.4. The molecule has 218 valence electrons. The van der Waals surface area contributed by atoms with Crippen LogP contribution in [-0.4, -0.2) is 71.3 Å². The Morgan fingerprint density at radius 2 is 1.78 bits per heavy atom. The first-order valence-corrected chi connectivity index (χ1v) is 14.6. The second-order valence-electron chi connectivity index (χ2n) is 12.3. The number of likely N-dealkylation sites (tertiary alicyclic amines) is 1. The van der Waals surface area contributed by atoms with Gasteiger partial charge in [-0.1, -0.05) is 11.6 Å². The third-order valence-corrected chi connectivity index (χ3v) is 8.37. The molecule has 3 heterocycles. The average molecular weight is 581 g/mol. The summed E-state index contributed by atoms with van der Waals surface area (Å²) in [4.78, 5) is 38.2. The van der Waals surface area contributed by atoms with Crippen LogP contribution in [-0.2, 0) is 4.74 Å². The highest BCUT2D eigenvalue weighted by molar-refractivity contribution is 6.31. The number of amides is 2. The van der Waals surface area contributed by atoms with Crippen molar-refractivity contribution in [3.63, 3.8) is 0 Å². The number of anilines is 1. The van der Waals surface area contributed by atoms with Crippen LogP contribution in [0.2, 0.25) is 5.02 Å². The lowest BCUT2D eigenvalue weighted by atomic mass is 9.86. The van der Waals surface area contributed by atoms with Gasteiger partial charge >= 0.3 is 6.09 Å². The maximum absolute atomic E-state index is 12.8. The minimum atomic E-state index is -0.498. The van der Waals surface area contributed by atoms with Crippen molar-refractivity contribution >= 4 is 29.4 Å². The molecule has 1 aromatic heterocycles. The Hall–Kier alpha value is -3.58. The molecule has 0 spiro atoms. The van der Waals surface area contributed by atoms with E-state index >= 15 is 0 Å². The van der Waals surface area contributed by atoms with Crippen molar-refractivity contribution in [3.05, 3.63) is 46.9 Å². The van der Waals surface area contributed by atoms with Crippen molar-refractivity contribution in [2.24, 2.45) is 17.8 Å². The van der Waals surface area contributed by atoms with E-state index in [4.69, 9.17) is 26.3 Å². The predicted octanol–water partition coefficient (Wildman–Crippen LogP) is 4.67. The minimum absolute atomic E-state index is 0.0930. The van der Waals surface area contributed by atoms with E-state index in [2.05, 4.69) is 20.2 Å². The summed E-state index contributed by atoms with van der Waals surface area (Å²) in [6.07, 6.45) is 6.61. The van der Waals surface area contributed by atoms with Gasteiger partial charge in [-0.2, -0.15) is 5.26 Å². The molecule has 2 atom stereocenters. The second-order valence-corrected chi connectivity index (χ2v) is 12.7. The third kappa shape index (κ3) is 7.20. The summed E-state index contributed by atoms with van der Waals surface area (Å²) in [5, 5.41) is 12.5. The van der Waals surface area contributed by atoms with Gasteiger partial charge in [0.25, 0.3) is 5.91 Å². The molecule has 2 amide bonds. The third-order valence-electron chi connectivity index (χ3n) is 8.06. The van der Waals surface area contributed by atoms with Crippen LogP contribution in [0.5, 0.6) is 5.75 Å². The van der Waals surface area contributed by atoms with Crippen LogP contribution in [0.1, 0.15) is 62.5 Å². The fourth-order valence-corrected chi connectivity index (χ4v) is 6.09. The fraction of sp³-hybridized carbons (Fsp3) is 0.567. The summed E-state index contributed by atoms with van der Waals surface area (Å²) in [6.45, 7) is 9.19. The largest absolute Gasteiger partial charge is 0.493 e. The van der Waals surface area contributed by atoms with E-state index in [1.54, 1.807) is 30.6 Å². The Kier molecular flexibility index (Phi) is 8.55. The highest BCUT2D eigenvalue weighted by Crippen LogP contribution is 2.34. The zero-order valence-electron chi connectivity index (χ0n) is 23.8. The van der Waals surface area contributed by atoms with Gasteiger partial charge in [0, 0.05) is 50.1 Å². The Morgan fingerprint density at radius 1 is 1.07 bits per heavy atom. The molecular formula is C30H37ClN6O4. The quantitative estimate of drug-likeness (QED) is 0.523. The van der Waals surface area contributed by atoms with Crippen LogP contribution in [0.3, 0.4) is 0 Å². The van der Waals surface area contributed by atoms with E-state index in [1.807, 2.05) is 31.7 Å². The number of halogens is 1. The smallest absolute Gasteiger partial charge is 0.410 e. The van der Waals surface area contributed by atoms with Crippen molar-refractivity contribution in [1.29, 1.82) is 5.26 Å². The highest BCUT2D eigenvalue weighted by Gasteiger charge is 2.43. The maximum atomic E-state index is 12.8. The maximum Gasteiger partial charge on any atom is 0.410 e. The molecule has 0 radical (unpaired) electrons. The molecule has 3 aliphatic rings. The lowest BCUT2D eigenvalue weighted by Crippen LogP contribution is -2.39. The molecule has 0 bridgehead atoms. The normalized spacial score (nSPS) is 24.0. The van der Waals surface area contributed by atoms with E-state index in [0.717, 1.165) is 44.6 Å². The van der Waals surface area contributed by atoms with E-state index < -0.39 is 5.60 Å². The van der Waals surface area contributed by atoms with Crippen molar-refractivity contribution < 1.29 is 19.1 Å². The molecule has 2 aromatic rings. The van der Waals surface area contributed by atoms with Crippen LogP contribution in [0, 0.1) is 29.1 Å². The van der Waals surface area contributed by atoms with Gasteiger partial charge in [-0.25, -0.2) is 14.8 Å². The van der Waals surface area contributed by atoms with Gasteiger partial charge in [0.1, 0.15) is 28.9 Å². The van der Waals surface area contributed by atoms with Gasteiger partial charge < -0.3 is 24.6 Å². The number of nitriles is 1. The van der Waals surface area contributed by atoms with Crippen molar-refractivity contribution in [1.82, 2.24) is 20.2 Å². The highest BCUT2D eigenvalue weighted by atomic mass is 35.5. The van der Waals surface area contributed by atoms with Crippen molar-refractivity contribution in [2.75, 3.05) is 37.7 Å². The Bertz CT molecular complexity index is 1290. The van der Waals surface area contributed by atoms with Gasteiger partial charge in [-0.05, 0) is 64.5 Å². The average Bonchev–Trinajstić information content (AvgIpc) is 3.52. The van der Waals surface area contributed by atoms with E-state index in [0.29, 0.717) is 59.5 Å². The number of carbonyl (C=O) groups is 2. The number of benzene rings is 1. The van der Waals surface area contributed by atoms with Gasteiger partial charge in [-0.3, -0.25) is 4.79 Å². The number of fused-ring (bicyclic) bond motifs is 1. The molecule has 41 heavy (non-hydrogen) atoms. The summed E-state index contributed by atoms with van der Waals surface area (Å²) in [7, 11) is 0. The molecule has 10 nitrogen and oxygen atoms in total. The SMILES string of the molecule is CC(C)(C)OC(=O)N1CC2CN(c3cnc(C(=O)N[C@H]4CC[C@H](COc5ccc(C#N)c(Cl)c5)CC4)cn3)CC2C1. The van der Waals surface area contributed by atoms with Crippen molar-refractivity contribution in [2.45, 2.75) is 58.1 Å². The first kappa shape index (κ1) is 28.9. The molecule has 1 N–H and O–H groups in total. The Morgan fingerprint density at radius 3 is 2.37 bits per heavy atom. The van der Waals surface area contributed by atoms with Crippen LogP contribution < -0.4 is 15.0 Å². The topological polar surface area (TPSA) is 121 Å². The van der Waals surface area contributed by atoms with Gasteiger partial charge in [0.15, 0.2) is 0 Å². The molecule has 2 saturated heterocycles. The molecule has 1 saturated carbocycles. The first-order valence-electron chi connectivity index (χ1n) is 14.3. The molecule has 1 aromatic carbocycles. The number of ether oxygens (including phenoxy) is 2. The summed E-state index contributed by atoms with van der Waals surface area (Å²) >= 11 is 6.09. The van der Waals surface area contributed by atoms with E-state index in [1.165, 1.54) is 0 Å². The summed E-state index contributed by atoms with van der Waals surface area (Å²) in [5.74, 6) is 2.34. The zero-order chi connectivity index (χ0) is 29.1. The number of hydrogen-bond donors (Lipinski definition) is 1. The number of carbonyl (C=O) groups excluding carboxylic acids is 2. The molecule has 1 aliphatic carbocycles. The molecule has 5 rings (SSSR count). The van der Waals surface area contributed by atoms with Crippen LogP contribution >= 0.6 is 11.6 Å². The first-order chi connectivity index (χ1) is 19.6. The minimum Gasteiger partial charge on any atom is -0.493 e. The molecule has 2 unspecified atom stereocenters. The van der Waals surface area contributed by atoms with E-state index in [-0.39, 0.29) is 18.0 Å². The molecule has 11 heteroatoms. The molecule has 3 fully saturated rings. The summed E-state index contributed by atoms with van der Waals surface area (Å²) in [6, 6.07) is 7.24. The molecular weight excluding hydrogens is 544 g/mol. The van der Waals surface area contributed by atoms with Gasteiger partial charge in [0.05, 0.1) is 29.6 Å². The number of nitrogens with zero attached hydrogens (tertiary/aromatic N) is 5.